The van der Waals surface area contributed by atoms with Crippen molar-refractivity contribution in [2.45, 2.75) is 6.92 Å². The van der Waals surface area contributed by atoms with Crippen LogP contribution in [0.5, 0.6) is 0 Å². The van der Waals surface area contributed by atoms with Gasteiger partial charge in [0.25, 0.3) is 0 Å². The molecule has 0 aliphatic heterocycles. The van der Waals surface area contributed by atoms with Crippen molar-refractivity contribution in [2.24, 2.45) is 0 Å². The van der Waals surface area contributed by atoms with Crippen molar-refractivity contribution in [1.29, 1.82) is 0 Å². The summed E-state index contributed by atoms with van der Waals surface area (Å²) in [5.74, 6) is 0.315. The van der Waals surface area contributed by atoms with E-state index < -0.39 is 0 Å². The van der Waals surface area contributed by atoms with Gasteiger partial charge in [-0.3, -0.25) is 15.1 Å². The van der Waals surface area contributed by atoms with E-state index in [1.165, 1.54) is 12.1 Å². The zero-order chi connectivity index (χ0) is 27.5. The number of rotatable bonds is 9. The number of H-pyrrole nitrogens is 2. The average Bonchev–Trinajstić information content (AvgIpc) is 3.50. The minimum absolute atomic E-state index is 0.293. The van der Waals surface area contributed by atoms with Gasteiger partial charge in [-0.05, 0) is 50.8 Å². The Morgan fingerprint density at radius 2 is 1.92 bits per heavy atom. The molecule has 9 heteroatoms. The molecule has 39 heavy (non-hydrogen) atoms. The molecule has 4 aromatic heterocycles. The third-order valence-electron chi connectivity index (χ3n) is 6.11. The Kier molecular flexibility index (Phi) is 7.16. The number of likely N-dealkylation sites (N-methyl/N-ethyl adjacent to an activating group) is 1. The first kappa shape index (κ1) is 25.7. The molecule has 0 atom stereocenters. The molecule has 0 spiro atoms. The lowest BCUT2D eigenvalue weighted by Crippen LogP contribution is -2.18. The van der Waals surface area contributed by atoms with E-state index >= 15 is 0 Å². The van der Waals surface area contributed by atoms with Gasteiger partial charge >= 0.3 is 0 Å². The van der Waals surface area contributed by atoms with E-state index in [0.29, 0.717) is 18.1 Å². The van der Waals surface area contributed by atoms with Gasteiger partial charge in [-0.15, -0.1) is 0 Å². The monoisotopic (exact) mass is 520 g/mol. The van der Waals surface area contributed by atoms with E-state index in [0.717, 1.165) is 56.1 Å². The van der Waals surface area contributed by atoms with E-state index in [1.807, 2.05) is 44.1 Å². The summed E-state index contributed by atoms with van der Waals surface area (Å²) in [7, 11) is 3.98. The van der Waals surface area contributed by atoms with E-state index in [-0.39, 0.29) is 5.82 Å². The molecule has 0 unspecified atom stereocenters. The molecule has 0 radical (unpaired) electrons. The molecule has 0 amide bonds. The van der Waals surface area contributed by atoms with Gasteiger partial charge in [-0.1, -0.05) is 37.4 Å². The highest BCUT2D eigenvalue weighted by molar-refractivity contribution is 5.93. The Morgan fingerprint density at radius 3 is 2.67 bits per heavy atom. The number of nitrogens with zero attached hydrogens (tertiary/aromatic N) is 5. The van der Waals surface area contributed by atoms with E-state index in [4.69, 9.17) is 4.98 Å². The van der Waals surface area contributed by atoms with Gasteiger partial charge in [-0.25, -0.2) is 9.37 Å². The molecule has 0 fully saturated rings. The first-order valence-electron chi connectivity index (χ1n) is 12.4. The van der Waals surface area contributed by atoms with Gasteiger partial charge in [0.1, 0.15) is 11.5 Å². The highest BCUT2D eigenvalue weighted by atomic mass is 19.1. The van der Waals surface area contributed by atoms with Crippen LogP contribution in [0, 0.1) is 12.7 Å². The molecule has 1 aromatic carbocycles. The summed E-state index contributed by atoms with van der Waals surface area (Å²) in [5, 5.41) is 11.8. The Labute approximate surface area is 226 Å². The zero-order valence-corrected chi connectivity index (χ0v) is 22.1. The van der Waals surface area contributed by atoms with Crippen molar-refractivity contribution in [3.63, 3.8) is 0 Å². The van der Waals surface area contributed by atoms with Crippen LogP contribution in [0.15, 0.2) is 86.0 Å². The second kappa shape index (κ2) is 10.8. The molecule has 3 N–H and O–H groups in total. The Hall–Kier alpha value is -4.89. The summed E-state index contributed by atoms with van der Waals surface area (Å²) in [5.41, 5.74) is 8.03. The topological polar surface area (TPSA) is 98.4 Å². The maximum atomic E-state index is 13.5. The second-order valence-electron chi connectivity index (χ2n) is 9.50. The number of hydrogen-bond donors (Lipinski definition) is 3. The van der Waals surface area contributed by atoms with Gasteiger partial charge in [0.15, 0.2) is 5.82 Å². The number of anilines is 1. The highest BCUT2D eigenvalue weighted by Gasteiger charge is 2.18. The van der Waals surface area contributed by atoms with E-state index in [1.54, 1.807) is 36.8 Å². The van der Waals surface area contributed by atoms with Crippen molar-refractivity contribution < 1.29 is 4.39 Å². The van der Waals surface area contributed by atoms with Crippen LogP contribution in [0.2, 0.25) is 0 Å². The summed E-state index contributed by atoms with van der Waals surface area (Å²) in [4.78, 5) is 19.3. The van der Waals surface area contributed by atoms with Crippen molar-refractivity contribution >= 4 is 22.2 Å². The lowest BCUT2D eigenvalue weighted by Gasteiger charge is -2.14. The minimum Gasteiger partial charge on any atom is -0.357 e. The normalized spacial score (nSPS) is 11.8. The van der Waals surface area contributed by atoms with E-state index in [2.05, 4.69) is 43.6 Å². The Morgan fingerprint density at radius 1 is 1.13 bits per heavy atom. The van der Waals surface area contributed by atoms with Crippen molar-refractivity contribution in [3.05, 3.63) is 109 Å². The fourth-order valence-electron chi connectivity index (χ4n) is 4.42. The summed E-state index contributed by atoms with van der Waals surface area (Å²) in [6.45, 7) is 10.6. The Bertz CT molecular complexity index is 1690. The number of aryl methyl sites for hydroxylation is 1. The molecule has 196 valence electrons. The number of nitrogens with one attached hydrogen (secondary N) is 3. The van der Waals surface area contributed by atoms with Gasteiger partial charge in [-0.2, -0.15) is 5.10 Å². The number of hydrogen-bond acceptors (Lipinski definition) is 6. The van der Waals surface area contributed by atoms with Crippen molar-refractivity contribution in [1.82, 2.24) is 35.0 Å². The minimum atomic E-state index is -0.293. The number of aromatic nitrogens is 6. The highest BCUT2D eigenvalue weighted by Crippen LogP contribution is 2.32. The van der Waals surface area contributed by atoms with Crippen LogP contribution >= 0.6 is 0 Å². The standard InChI is InChI=1S/C30H29FN8/c1-6-7-24(20-8-10-22(31)11-9-20)28-19(3)35-30(36-28)29-25-13-26(33-16-27(25)37-38-29)21-12-23(15-32-14-21)34-18(2)17-39(4)5/h6-16,34H,1-2,17H2,3-5H3,(H,35,36)(H,37,38)/b24-7-. The first-order chi connectivity index (χ1) is 18.8. The molecule has 0 aliphatic rings. The molecule has 5 aromatic rings. The van der Waals surface area contributed by atoms with Crippen LogP contribution < -0.4 is 5.32 Å². The molecular formula is C30H29FN8. The van der Waals surface area contributed by atoms with Gasteiger partial charge in [0.2, 0.25) is 0 Å². The first-order valence-corrected chi connectivity index (χ1v) is 12.4. The molecular weight excluding hydrogens is 491 g/mol. The van der Waals surface area contributed by atoms with Crippen LogP contribution in [-0.2, 0) is 0 Å². The maximum Gasteiger partial charge on any atom is 0.159 e. The molecule has 0 bridgehead atoms. The smallest absolute Gasteiger partial charge is 0.159 e. The predicted octanol–water partition coefficient (Wildman–Crippen LogP) is 5.96. The third-order valence-corrected chi connectivity index (χ3v) is 6.11. The predicted molar refractivity (Wildman–Crippen MR) is 154 cm³/mol. The van der Waals surface area contributed by atoms with Crippen LogP contribution in [-0.4, -0.2) is 55.7 Å². The molecule has 0 saturated carbocycles. The van der Waals surface area contributed by atoms with Crippen molar-refractivity contribution in [3.8, 4) is 22.8 Å². The maximum absolute atomic E-state index is 13.5. The van der Waals surface area contributed by atoms with Crippen LogP contribution in [0.1, 0.15) is 17.0 Å². The summed E-state index contributed by atoms with van der Waals surface area (Å²) in [6, 6.07) is 10.3. The SMILES string of the molecule is C=C/C=C(/c1ccc(F)cc1)c1nc(-c2n[nH]c3cnc(-c4cncc(NC(=C)CN(C)C)c4)cc23)[nH]c1C. The number of pyridine rings is 2. The zero-order valence-electron chi connectivity index (χ0n) is 22.1. The second-order valence-corrected chi connectivity index (χ2v) is 9.50. The number of allylic oxidation sites excluding steroid dienone is 2. The molecule has 4 heterocycles. The quantitative estimate of drug-likeness (QED) is 0.207. The lowest BCUT2D eigenvalue weighted by molar-refractivity contribution is 0.447. The van der Waals surface area contributed by atoms with Crippen LogP contribution in [0.3, 0.4) is 0 Å². The van der Waals surface area contributed by atoms with Crippen molar-refractivity contribution in [2.75, 3.05) is 26.0 Å². The molecule has 5 rings (SSSR count). The number of benzene rings is 1. The fraction of sp³-hybridized carbons (Fsp3) is 0.133. The van der Waals surface area contributed by atoms with Crippen LogP contribution in [0.4, 0.5) is 10.1 Å². The largest absolute Gasteiger partial charge is 0.357 e. The third kappa shape index (κ3) is 5.53. The number of fused-ring (bicyclic) bond motifs is 1. The number of aromatic amines is 2. The number of imidazole rings is 1. The van der Waals surface area contributed by atoms with E-state index in [9.17, 15) is 4.39 Å². The average molecular weight is 521 g/mol. The Balaban J connectivity index is 1.50. The molecule has 0 saturated heterocycles. The number of halogens is 1. The summed E-state index contributed by atoms with van der Waals surface area (Å²) >= 11 is 0. The van der Waals surface area contributed by atoms with Gasteiger partial charge < -0.3 is 15.2 Å². The van der Waals surface area contributed by atoms with Gasteiger partial charge in [0, 0.05) is 40.7 Å². The molecule has 0 aliphatic carbocycles. The van der Waals surface area contributed by atoms with Gasteiger partial charge in [0.05, 0.1) is 35.0 Å². The fourth-order valence-corrected chi connectivity index (χ4v) is 4.42. The van der Waals surface area contributed by atoms with Crippen LogP contribution in [0.25, 0.3) is 39.3 Å². The summed E-state index contributed by atoms with van der Waals surface area (Å²) < 4.78 is 13.5. The summed E-state index contributed by atoms with van der Waals surface area (Å²) in [6.07, 6.45) is 8.85. The molecule has 8 nitrogen and oxygen atoms in total. The lowest BCUT2D eigenvalue weighted by atomic mass is 10.0.